The zero-order chi connectivity index (χ0) is 15.2. The number of nitrogens with two attached hydrogens (primary N) is 1. The maximum Gasteiger partial charge on any atom is 0.253 e. The predicted molar refractivity (Wildman–Crippen MR) is 80.0 cm³/mol. The lowest BCUT2D eigenvalue weighted by atomic mass is 9.89. The molecule has 0 bridgehead atoms. The van der Waals surface area contributed by atoms with E-state index in [0.29, 0.717) is 30.2 Å². The maximum absolute atomic E-state index is 12.2. The summed E-state index contributed by atoms with van der Waals surface area (Å²) in [5, 5.41) is 2.91. The first-order valence-electron chi connectivity index (χ1n) is 6.60. The normalized spacial score (nSPS) is 11.2. The number of benzene rings is 1. The molecule has 0 fully saturated rings. The van der Waals surface area contributed by atoms with Gasteiger partial charge in [-0.2, -0.15) is 0 Å². The maximum atomic E-state index is 12.2. The Morgan fingerprint density at radius 1 is 1.35 bits per heavy atom. The molecule has 20 heavy (non-hydrogen) atoms. The first-order valence-corrected chi connectivity index (χ1v) is 6.60. The van der Waals surface area contributed by atoms with Crippen LogP contribution in [0.2, 0.25) is 0 Å². The lowest BCUT2D eigenvalue weighted by Gasteiger charge is -2.24. The summed E-state index contributed by atoms with van der Waals surface area (Å²) in [6.07, 6.45) is 0.872. The fourth-order valence-corrected chi connectivity index (χ4v) is 1.74. The topological polar surface area (TPSA) is 73.6 Å². The average molecular weight is 280 g/mol. The van der Waals surface area contributed by atoms with Gasteiger partial charge in [0.1, 0.15) is 5.75 Å². The van der Waals surface area contributed by atoms with Gasteiger partial charge in [0.2, 0.25) is 0 Å². The van der Waals surface area contributed by atoms with Crippen LogP contribution in [0.4, 0.5) is 5.69 Å². The van der Waals surface area contributed by atoms with Crippen LogP contribution in [0.3, 0.4) is 0 Å². The van der Waals surface area contributed by atoms with Gasteiger partial charge >= 0.3 is 0 Å². The second kappa shape index (κ2) is 7.14. The van der Waals surface area contributed by atoms with Gasteiger partial charge in [-0.05, 0) is 30.0 Å². The van der Waals surface area contributed by atoms with E-state index in [1.54, 1.807) is 32.4 Å². The lowest BCUT2D eigenvalue weighted by Crippen LogP contribution is -2.35. The molecule has 0 spiro atoms. The van der Waals surface area contributed by atoms with Crippen molar-refractivity contribution in [2.45, 2.75) is 20.3 Å². The molecule has 1 aromatic carbocycles. The molecule has 0 atom stereocenters. The van der Waals surface area contributed by atoms with Crippen LogP contribution >= 0.6 is 0 Å². The Labute approximate surface area is 120 Å². The number of carbonyl (C=O) groups excluding carboxylic acids is 1. The highest BCUT2D eigenvalue weighted by Gasteiger charge is 2.20. The van der Waals surface area contributed by atoms with Crippen molar-refractivity contribution in [3.05, 3.63) is 23.8 Å². The van der Waals surface area contributed by atoms with Crippen LogP contribution in [0, 0.1) is 5.41 Å². The zero-order valence-corrected chi connectivity index (χ0v) is 12.7. The Balaban J connectivity index is 2.67. The molecule has 0 aliphatic carbocycles. The smallest absolute Gasteiger partial charge is 0.253 e. The number of nitrogen functional groups attached to an aromatic ring is 1. The summed E-state index contributed by atoms with van der Waals surface area (Å²) in [7, 11) is 3.23. The number of nitrogens with one attached hydrogen (secondary N) is 1. The second-order valence-corrected chi connectivity index (χ2v) is 5.54. The third-order valence-electron chi connectivity index (χ3n) is 3.22. The Bertz CT molecular complexity index is 458. The summed E-state index contributed by atoms with van der Waals surface area (Å²) < 4.78 is 10.2. The van der Waals surface area contributed by atoms with Crippen molar-refractivity contribution in [3.8, 4) is 5.75 Å². The fourth-order valence-electron chi connectivity index (χ4n) is 1.74. The Morgan fingerprint density at radius 2 is 2.05 bits per heavy atom. The number of rotatable bonds is 7. The number of carbonyl (C=O) groups is 1. The van der Waals surface area contributed by atoms with Crippen molar-refractivity contribution < 1.29 is 14.3 Å². The first kappa shape index (κ1) is 16.3. The second-order valence-electron chi connectivity index (χ2n) is 5.54. The van der Waals surface area contributed by atoms with E-state index in [9.17, 15) is 4.79 Å². The van der Waals surface area contributed by atoms with Crippen LogP contribution in [0.5, 0.6) is 5.75 Å². The van der Waals surface area contributed by atoms with Gasteiger partial charge in [0, 0.05) is 25.9 Å². The molecule has 0 radical (unpaired) electrons. The number of hydrogen-bond donors (Lipinski definition) is 2. The van der Waals surface area contributed by atoms with Gasteiger partial charge in [-0.15, -0.1) is 0 Å². The van der Waals surface area contributed by atoms with Crippen molar-refractivity contribution in [1.29, 1.82) is 0 Å². The van der Waals surface area contributed by atoms with Gasteiger partial charge in [-0.3, -0.25) is 4.79 Å². The Hall–Kier alpha value is -1.75. The van der Waals surface area contributed by atoms with Crippen LogP contribution < -0.4 is 15.8 Å². The van der Waals surface area contributed by atoms with E-state index in [0.717, 1.165) is 6.42 Å². The fraction of sp³-hybridized carbons (Fsp3) is 0.533. The van der Waals surface area contributed by atoms with E-state index in [2.05, 4.69) is 19.2 Å². The molecule has 1 rings (SSSR count). The Morgan fingerprint density at radius 3 is 2.65 bits per heavy atom. The molecule has 0 saturated heterocycles. The quantitative estimate of drug-likeness (QED) is 0.750. The minimum absolute atomic E-state index is 0.0285. The van der Waals surface area contributed by atoms with Gasteiger partial charge in [0.05, 0.1) is 12.7 Å². The number of hydrogen-bond acceptors (Lipinski definition) is 4. The van der Waals surface area contributed by atoms with Gasteiger partial charge < -0.3 is 20.5 Å². The van der Waals surface area contributed by atoms with Crippen molar-refractivity contribution in [3.63, 3.8) is 0 Å². The molecular weight excluding hydrogens is 256 g/mol. The van der Waals surface area contributed by atoms with Crippen LogP contribution in [0.1, 0.15) is 30.6 Å². The minimum atomic E-state index is -0.188. The van der Waals surface area contributed by atoms with E-state index in [1.165, 1.54) is 0 Å². The van der Waals surface area contributed by atoms with Crippen molar-refractivity contribution in [1.82, 2.24) is 5.32 Å². The number of amides is 1. The first-order chi connectivity index (χ1) is 9.39. The molecule has 0 saturated carbocycles. The molecule has 3 N–H and O–H groups in total. The largest absolute Gasteiger partial charge is 0.497 e. The van der Waals surface area contributed by atoms with Gasteiger partial charge in [0.15, 0.2) is 0 Å². The molecule has 0 unspecified atom stereocenters. The van der Waals surface area contributed by atoms with E-state index < -0.39 is 0 Å². The standard InChI is InChI=1S/C15H24N2O3/c1-15(2,7-8-19-3)10-17-14(18)12-9-11(20-4)5-6-13(12)16/h5-6,9H,7-8,10,16H2,1-4H3,(H,17,18). The molecule has 0 heterocycles. The summed E-state index contributed by atoms with van der Waals surface area (Å²) in [5.74, 6) is 0.426. The molecule has 112 valence electrons. The summed E-state index contributed by atoms with van der Waals surface area (Å²) >= 11 is 0. The van der Waals surface area contributed by atoms with Crippen LogP contribution in [0.15, 0.2) is 18.2 Å². The van der Waals surface area contributed by atoms with Gasteiger partial charge in [0.25, 0.3) is 5.91 Å². The minimum Gasteiger partial charge on any atom is -0.497 e. The van der Waals surface area contributed by atoms with Crippen LogP contribution in [0.25, 0.3) is 0 Å². The molecule has 5 nitrogen and oxygen atoms in total. The SMILES string of the molecule is COCCC(C)(C)CNC(=O)c1cc(OC)ccc1N. The average Bonchev–Trinajstić information content (AvgIpc) is 2.43. The van der Waals surface area contributed by atoms with Crippen LogP contribution in [-0.4, -0.2) is 33.3 Å². The third-order valence-corrected chi connectivity index (χ3v) is 3.22. The summed E-state index contributed by atoms with van der Waals surface area (Å²) in [5.41, 5.74) is 6.68. The van der Waals surface area contributed by atoms with Gasteiger partial charge in [-0.1, -0.05) is 13.8 Å². The zero-order valence-electron chi connectivity index (χ0n) is 12.7. The molecule has 0 aliphatic heterocycles. The van der Waals surface area contributed by atoms with Gasteiger partial charge in [-0.25, -0.2) is 0 Å². The van der Waals surface area contributed by atoms with E-state index in [-0.39, 0.29) is 11.3 Å². The van der Waals surface area contributed by atoms with Crippen LogP contribution in [-0.2, 0) is 4.74 Å². The highest BCUT2D eigenvalue weighted by Crippen LogP contribution is 2.21. The molecule has 5 heteroatoms. The van der Waals surface area contributed by atoms with Crippen molar-refractivity contribution >= 4 is 11.6 Å². The van der Waals surface area contributed by atoms with E-state index in [1.807, 2.05) is 0 Å². The third kappa shape index (κ3) is 4.74. The number of ether oxygens (including phenoxy) is 2. The number of anilines is 1. The summed E-state index contributed by atoms with van der Waals surface area (Å²) in [6, 6.07) is 5.05. The highest BCUT2D eigenvalue weighted by atomic mass is 16.5. The monoisotopic (exact) mass is 280 g/mol. The van der Waals surface area contributed by atoms with E-state index >= 15 is 0 Å². The summed E-state index contributed by atoms with van der Waals surface area (Å²) in [6.45, 7) is 5.40. The lowest BCUT2D eigenvalue weighted by molar-refractivity contribution is 0.0921. The number of methoxy groups -OCH3 is 2. The molecule has 1 aromatic rings. The molecule has 0 aliphatic rings. The molecule has 0 aromatic heterocycles. The molecule has 1 amide bonds. The Kier molecular flexibility index (Phi) is 5.82. The highest BCUT2D eigenvalue weighted by molar-refractivity contribution is 5.99. The van der Waals surface area contributed by atoms with Crippen molar-refractivity contribution in [2.75, 3.05) is 33.1 Å². The molecular formula is C15H24N2O3. The van der Waals surface area contributed by atoms with E-state index in [4.69, 9.17) is 15.2 Å². The summed E-state index contributed by atoms with van der Waals surface area (Å²) in [4.78, 5) is 12.2. The van der Waals surface area contributed by atoms with Crippen molar-refractivity contribution in [2.24, 2.45) is 5.41 Å². The predicted octanol–water partition coefficient (Wildman–Crippen LogP) is 2.07.